The van der Waals surface area contributed by atoms with Crippen LogP contribution >= 0.6 is 11.6 Å². The lowest BCUT2D eigenvalue weighted by Gasteiger charge is -2.11. The molecule has 0 spiro atoms. The number of halogens is 1. The first-order chi connectivity index (χ1) is 13.5. The highest BCUT2D eigenvalue weighted by Gasteiger charge is 2.12. The molecule has 3 aromatic rings. The molecule has 7 nitrogen and oxygen atoms in total. The van der Waals surface area contributed by atoms with E-state index in [-0.39, 0.29) is 5.91 Å². The largest absolute Gasteiger partial charge is 0.493 e. The number of ether oxygens (including phenoxy) is 2. The summed E-state index contributed by atoms with van der Waals surface area (Å²) in [5.41, 5.74) is 2.16. The Morgan fingerprint density at radius 1 is 0.964 bits per heavy atom. The van der Waals surface area contributed by atoms with Gasteiger partial charge in [0.05, 0.1) is 14.2 Å². The molecule has 3 rings (SSSR count). The van der Waals surface area contributed by atoms with E-state index in [9.17, 15) is 4.79 Å². The minimum atomic E-state index is -0.332. The number of hydrogen-bond acceptors (Lipinski definition) is 6. The first-order valence-corrected chi connectivity index (χ1v) is 8.79. The van der Waals surface area contributed by atoms with Gasteiger partial charge in [-0.2, -0.15) is 0 Å². The summed E-state index contributed by atoms with van der Waals surface area (Å²) in [4.78, 5) is 12.4. The van der Waals surface area contributed by atoms with Gasteiger partial charge in [0.25, 0.3) is 5.91 Å². The number of anilines is 3. The molecule has 2 N–H and O–H groups in total. The molecule has 0 aliphatic carbocycles. The standard InChI is InChI=1S/C20H19ClN4O3/c1-12-14(21)5-4-6-15(12)22-18-9-10-19(25-24-18)23-20(26)13-7-8-16(27-2)17(11-13)28-3/h4-11H,1-3H3,(H,22,24)(H,23,25,26). The van der Waals surface area contributed by atoms with Gasteiger partial charge < -0.3 is 20.1 Å². The van der Waals surface area contributed by atoms with Crippen LogP contribution in [0, 0.1) is 6.92 Å². The third-order valence-electron chi connectivity index (χ3n) is 4.08. The number of hydrogen-bond donors (Lipinski definition) is 2. The Balaban J connectivity index is 1.70. The van der Waals surface area contributed by atoms with Crippen molar-refractivity contribution in [3.8, 4) is 11.5 Å². The molecule has 0 saturated heterocycles. The van der Waals surface area contributed by atoms with Crippen molar-refractivity contribution < 1.29 is 14.3 Å². The summed E-state index contributed by atoms with van der Waals surface area (Å²) in [6, 6.07) is 13.9. The second kappa shape index (κ2) is 8.58. The van der Waals surface area contributed by atoms with E-state index in [4.69, 9.17) is 21.1 Å². The van der Waals surface area contributed by atoms with Crippen LogP contribution in [-0.2, 0) is 0 Å². The van der Waals surface area contributed by atoms with Crippen molar-refractivity contribution >= 4 is 34.8 Å². The molecule has 0 aliphatic heterocycles. The summed E-state index contributed by atoms with van der Waals surface area (Å²) in [5.74, 6) is 1.55. The summed E-state index contributed by atoms with van der Waals surface area (Å²) >= 11 is 6.12. The maximum Gasteiger partial charge on any atom is 0.257 e. The summed E-state index contributed by atoms with van der Waals surface area (Å²) in [6.45, 7) is 1.91. The Hall–Kier alpha value is -3.32. The molecule has 0 saturated carbocycles. The van der Waals surface area contributed by atoms with Gasteiger partial charge in [-0.25, -0.2) is 0 Å². The van der Waals surface area contributed by atoms with Crippen molar-refractivity contribution in [2.75, 3.05) is 24.9 Å². The number of carbonyl (C=O) groups excluding carboxylic acids is 1. The van der Waals surface area contributed by atoms with Crippen LogP contribution in [0.4, 0.5) is 17.3 Å². The first-order valence-electron chi connectivity index (χ1n) is 8.41. The Bertz CT molecular complexity index is 993. The van der Waals surface area contributed by atoms with Gasteiger partial charge in [0.15, 0.2) is 23.1 Å². The number of methoxy groups -OCH3 is 2. The highest BCUT2D eigenvalue weighted by Crippen LogP contribution is 2.28. The van der Waals surface area contributed by atoms with Gasteiger partial charge in [0.1, 0.15) is 0 Å². The molecular weight excluding hydrogens is 380 g/mol. The molecule has 0 atom stereocenters. The van der Waals surface area contributed by atoms with Gasteiger partial charge in [0.2, 0.25) is 0 Å². The minimum Gasteiger partial charge on any atom is -0.493 e. The zero-order valence-corrected chi connectivity index (χ0v) is 16.4. The highest BCUT2D eigenvalue weighted by molar-refractivity contribution is 6.31. The van der Waals surface area contributed by atoms with Crippen molar-refractivity contribution in [2.45, 2.75) is 6.92 Å². The van der Waals surface area contributed by atoms with Crippen molar-refractivity contribution in [1.29, 1.82) is 0 Å². The van der Waals surface area contributed by atoms with E-state index in [2.05, 4.69) is 20.8 Å². The topological polar surface area (TPSA) is 85.4 Å². The van der Waals surface area contributed by atoms with Crippen LogP contribution in [0.2, 0.25) is 5.02 Å². The van der Waals surface area contributed by atoms with Crippen molar-refractivity contribution in [3.63, 3.8) is 0 Å². The average molecular weight is 399 g/mol. The van der Waals surface area contributed by atoms with Crippen LogP contribution in [0.1, 0.15) is 15.9 Å². The minimum absolute atomic E-state index is 0.327. The molecule has 0 unspecified atom stereocenters. The quantitative estimate of drug-likeness (QED) is 0.638. The molecule has 0 aliphatic rings. The summed E-state index contributed by atoms with van der Waals surface area (Å²) in [5, 5.41) is 14.6. The van der Waals surface area contributed by atoms with Crippen LogP contribution < -0.4 is 20.1 Å². The number of aromatic nitrogens is 2. The summed E-state index contributed by atoms with van der Waals surface area (Å²) < 4.78 is 10.4. The van der Waals surface area contributed by atoms with Crippen LogP contribution in [0.15, 0.2) is 48.5 Å². The lowest BCUT2D eigenvalue weighted by atomic mass is 10.2. The molecule has 1 amide bonds. The van der Waals surface area contributed by atoms with Gasteiger partial charge >= 0.3 is 0 Å². The molecule has 28 heavy (non-hydrogen) atoms. The third-order valence-corrected chi connectivity index (χ3v) is 4.49. The molecule has 0 bridgehead atoms. The van der Waals surface area contributed by atoms with E-state index in [1.54, 1.807) is 30.3 Å². The van der Waals surface area contributed by atoms with Crippen LogP contribution in [0.5, 0.6) is 11.5 Å². The molecule has 144 valence electrons. The Labute approximate surface area is 167 Å². The van der Waals surface area contributed by atoms with Crippen LogP contribution in [-0.4, -0.2) is 30.3 Å². The van der Waals surface area contributed by atoms with E-state index in [1.807, 2.05) is 25.1 Å². The summed E-state index contributed by atoms with van der Waals surface area (Å²) in [6.07, 6.45) is 0. The summed E-state index contributed by atoms with van der Waals surface area (Å²) in [7, 11) is 3.05. The number of nitrogens with one attached hydrogen (secondary N) is 2. The number of rotatable bonds is 6. The number of benzene rings is 2. The van der Waals surface area contributed by atoms with Gasteiger partial charge in [0, 0.05) is 16.3 Å². The van der Waals surface area contributed by atoms with Crippen molar-refractivity contribution in [1.82, 2.24) is 10.2 Å². The fourth-order valence-corrected chi connectivity index (χ4v) is 2.69. The van der Waals surface area contributed by atoms with Gasteiger partial charge in [-0.3, -0.25) is 4.79 Å². The highest BCUT2D eigenvalue weighted by atomic mass is 35.5. The molecule has 0 radical (unpaired) electrons. The molecule has 0 fully saturated rings. The smallest absolute Gasteiger partial charge is 0.257 e. The maximum absolute atomic E-state index is 12.4. The van der Waals surface area contributed by atoms with Gasteiger partial charge in [-0.05, 0) is 55.0 Å². The van der Waals surface area contributed by atoms with E-state index < -0.39 is 0 Å². The Kier molecular flexibility index (Phi) is 5.96. The SMILES string of the molecule is COc1ccc(C(=O)Nc2ccc(Nc3cccc(Cl)c3C)nn2)cc1OC. The van der Waals surface area contributed by atoms with Crippen LogP contribution in [0.3, 0.4) is 0 Å². The molecule has 1 aromatic heterocycles. The number of carbonyl (C=O) groups is 1. The van der Waals surface area contributed by atoms with E-state index >= 15 is 0 Å². The van der Waals surface area contributed by atoms with Crippen LogP contribution in [0.25, 0.3) is 0 Å². The fraction of sp³-hybridized carbons (Fsp3) is 0.150. The molecule has 2 aromatic carbocycles. The van der Waals surface area contributed by atoms with E-state index in [1.165, 1.54) is 14.2 Å². The normalized spacial score (nSPS) is 10.3. The lowest BCUT2D eigenvalue weighted by molar-refractivity contribution is 0.102. The molecule has 8 heteroatoms. The van der Waals surface area contributed by atoms with E-state index in [0.717, 1.165) is 11.3 Å². The number of amides is 1. The maximum atomic E-state index is 12.4. The molecule has 1 heterocycles. The zero-order valence-electron chi connectivity index (χ0n) is 15.6. The number of nitrogens with zero attached hydrogens (tertiary/aromatic N) is 2. The monoisotopic (exact) mass is 398 g/mol. The Morgan fingerprint density at radius 3 is 2.36 bits per heavy atom. The van der Waals surface area contributed by atoms with Gasteiger partial charge in [-0.1, -0.05) is 17.7 Å². The van der Waals surface area contributed by atoms with Crippen molar-refractivity contribution in [3.05, 3.63) is 64.7 Å². The first kappa shape index (κ1) is 19.4. The average Bonchev–Trinajstić information content (AvgIpc) is 2.72. The van der Waals surface area contributed by atoms with E-state index in [0.29, 0.717) is 33.7 Å². The van der Waals surface area contributed by atoms with Crippen molar-refractivity contribution in [2.24, 2.45) is 0 Å². The lowest BCUT2D eigenvalue weighted by Crippen LogP contribution is -2.13. The second-order valence-electron chi connectivity index (χ2n) is 5.87. The third kappa shape index (κ3) is 4.32. The second-order valence-corrected chi connectivity index (χ2v) is 6.27. The fourth-order valence-electron chi connectivity index (χ4n) is 2.51. The predicted molar refractivity (Wildman–Crippen MR) is 109 cm³/mol. The Morgan fingerprint density at radius 2 is 1.68 bits per heavy atom. The zero-order chi connectivity index (χ0) is 20.1. The van der Waals surface area contributed by atoms with Gasteiger partial charge in [-0.15, -0.1) is 10.2 Å². The predicted octanol–water partition coefficient (Wildman–Crippen LogP) is 4.45. The molecular formula is C20H19ClN4O3.